The van der Waals surface area contributed by atoms with Crippen molar-refractivity contribution in [2.24, 2.45) is 0 Å². The van der Waals surface area contributed by atoms with Gasteiger partial charge < -0.3 is 4.74 Å². The number of carbonyl (C=O) groups is 1. The standard InChI is InChI=1S/C24H28N2O2S/c1-4-5-14-28-21-12-10-20(11-13-21)23(27)26-24-25-16-22(29-24)15-18-6-8-19(9-7-18)17(2)3/h6-13,16-17H,4-5,14-15H2,1-3H3,(H,25,26,27). The van der Waals surface area contributed by atoms with Crippen LogP contribution >= 0.6 is 11.3 Å². The molecule has 1 aromatic heterocycles. The first kappa shape index (κ1) is 21.1. The van der Waals surface area contributed by atoms with Crippen molar-refractivity contribution >= 4 is 22.4 Å². The van der Waals surface area contributed by atoms with Gasteiger partial charge in [-0.05, 0) is 47.7 Å². The van der Waals surface area contributed by atoms with Crippen molar-refractivity contribution in [2.45, 2.75) is 46.0 Å². The van der Waals surface area contributed by atoms with Crippen LogP contribution in [-0.4, -0.2) is 17.5 Å². The van der Waals surface area contributed by atoms with E-state index in [9.17, 15) is 4.79 Å². The first-order valence-electron chi connectivity index (χ1n) is 10.1. The Balaban J connectivity index is 1.55. The van der Waals surface area contributed by atoms with Crippen LogP contribution in [0.5, 0.6) is 5.75 Å². The van der Waals surface area contributed by atoms with E-state index in [4.69, 9.17) is 4.74 Å². The lowest BCUT2D eigenvalue weighted by Gasteiger charge is -2.06. The normalized spacial score (nSPS) is 10.9. The van der Waals surface area contributed by atoms with Gasteiger partial charge in [-0.25, -0.2) is 4.98 Å². The number of nitrogens with one attached hydrogen (secondary N) is 1. The van der Waals surface area contributed by atoms with Crippen LogP contribution in [0.2, 0.25) is 0 Å². The number of aromatic nitrogens is 1. The minimum absolute atomic E-state index is 0.160. The van der Waals surface area contributed by atoms with Crippen LogP contribution in [0.15, 0.2) is 54.7 Å². The Hall–Kier alpha value is -2.66. The highest BCUT2D eigenvalue weighted by Crippen LogP contribution is 2.23. The number of rotatable bonds is 9. The third kappa shape index (κ3) is 6.16. The second-order valence-corrected chi connectivity index (χ2v) is 8.50. The Bertz CT molecular complexity index is 915. The number of hydrogen-bond donors (Lipinski definition) is 1. The van der Waals surface area contributed by atoms with Gasteiger partial charge in [0.15, 0.2) is 5.13 Å². The summed E-state index contributed by atoms with van der Waals surface area (Å²) < 4.78 is 5.64. The summed E-state index contributed by atoms with van der Waals surface area (Å²) in [4.78, 5) is 17.9. The molecular formula is C24H28N2O2S. The zero-order valence-electron chi connectivity index (χ0n) is 17.3. The molecule has 0 aliphatic heterocycles. The third-order valence-corrected chi connectivity index (χ3v) is 5.59. The smallest absolute Gasteiger partial charge is 0.257 e. The summed E-state index contributed by atoms with van der Waals surface area (Å²) in [6.07, 6.45) is 4.77. The average molecular weight is 409 g/mol. The highest BCUT2D eigenvalue weighted by Gasteiger charge is 2.10. The minimum Gasteiger partial charge on any atom is -0.494 e. The number of hydrogen-bond acceptors (Lipinski definition) is 4. The van der Waals surface area contributed by atoms with Crippen LogP contribution in [-0.2, 0) is 6.42 Å². The Labute approximate surface area is 177 Å². The maximum absolute atomic E-state index is 12.5. The van der Waals surface area contributed by atoms with Crippen LogP contribution in [0.3, 0.4) is 0 Å². The average Bonchev–Trinajstić information content (AvgIpc) is 3.15. The molecule has 0 bridgehead atoms. The van der Waals surface area contributed by atoms with E-state index in [-0.39, 0.29) is 5.91 Å². The van der Waals surface area contributed by atoms with Gasteiger partial charge in [0.25, 0.3) is 5.91 Å². The minimum atomic E-state index is -0.160. The highest BCUT2D eigenvalue weighted by molar-refractivity contribution is 7.15. The molecule has 152 valence electrons. The van der Waals surface area contributed by atoms with Crippen molar-refractivity contribution in [1.82, 2.24) is 4.98 Å². The Kier molecular flexibility index (Phi) is 7.42. The molecule has 4 nitrogen and oxygen atoms in total. The lowest BCUT2D eigenvalue weighted by molar-refractivity contribution is 0.102. The molecule has 0 saturated carbocycles. The molecule has 0 atom stereocenters. The van der Waals surface area contributed by atoms with E-state index in [1.54, 1.807) is 12.1 Å². The number of benzene rings is 2. The molecule has 0 unspecified atom stereocenters. The van der Waals surface area contributed by atoms with Crippen molar-refractivity contribution in [1.29, 1.82) is 0 Å². The third-order valence-electron chi connectivity index (χ3n) is 4.68. The molecular weight excluding hydrogens is 380 g/mol. The van der Waals surface area contributed by atoms with Crippen LogP contribution in [0.25, 0.3) is 0 Å². The predicted octanol–water partition coefficient (Wildman–Crippen LogP) is 6.29. The van der Waals surface area contributed by atoms with E-state index in [0.717, 1.165) is 29.9 Å². The largest absolute Gasteiger partial charge is 0.494 e. The molecule has 5 heteroatoms. The fourth-order valence-electron chi connectivity index (χ4n) is 2.87. The zero-order chi connectivity index (χ0) is 20.6. The molecule has 29 heavy (non-hydrogen) atoms. The summed E-state index contributed by atoms with van der Waals surface area (Å²) in [5.41, 5.74) is 3.18. The first-order chi connectivity index (χ1) is 14.0. The van der Waals surface area contributed by atoms with Gasteiger partial charge in [0.05, 0.1) is 6.61 Å². The van der Waals surface area contributed by atoms with Gasteiger partial charge in [0.2, 0.25) is 0 Å². The Morgan fingerprint density at radius 1 is 1.10 bits per heavy atom. The van der Waals surface area contributed by atoms with Crippen LogP contribution in [0, 0.1) is 0 Å². The zero-order valence-corrected chi connectivity index (χ0v) is 18.1. The summed E-state index contributed by atoms with van der Waals surface area (Å²) in [6.45, 7) is 7.22. The van der Waals surface area contributed by atoms with E-state index in [2.05, 4.69) is 55.3 Å². The molecule has 0 spiro atoms. The molecule has 0 radical (unpaired) electrons. The first-order valence-corrected chi connectivity index (χ1v) is 10.9. The second kappa shape index (κ2) is 10.2. The van der Waals surface area contributed by atoms with Gasteiger partial charge in [0, 0.05) is 23.1 Å². The van der Waals surface area contributed by atoms with E-state index in [0.29, 0.717) is 23.2 Å². The predicted molar refractivity (Wildman–Crippen MR) is 120 cm³/mol. The molecule has 0 aliphatic carbocycles. The van der Waals surface area contributed by atoms with E-state index in [1.165, 1.54) is 22.5 Å². The van der Waals surface area contributed by atoms with Gasteiger partial charge >= 0.3 is 0 Å². The lowest BCUT2D eigenvalue weighted by Crippen LogP contribution is -2.11. The topological polar surface area (TPSA) is 51.2 Å². The van der Waals surface area contributed by atoms with E-state index in [1.807, 2.05) is 18.3 Å². The fraction of sp³-hybridized carbons (Fsp3) is 0.333. The van der Waals surface area contributed by atoms with Gasteiger partial charge in [-0.2, -0.15) is 0 Å². The van der Waals surface area contributed by atoms with Crippen LogP contribution < -0.4 is 10.1 Å². The molecule has 0 aliphatic rings. The fourth-order valence-corrected chi connectivity index (χ4v) is 3.72. The Morgan fingerprint density at radius 2 is 1.83 bits per heavy atom. The van der Waals surface area contributed by atoms with Crippen LogP contribution in [0.4, 0.5) is 5.13 Å². The Morgan fingerprint density at radius 3 is 2.48 bits per heavy atom. The van der Waals surface area contributed by atoms with Gasteiger partial charge in [-0.1, -0.05) is 51.5 Å². The maximum Gasteiger partial charge on any atom is 0.257 e. The number of nitrogens with zero attached hydrogens (tertiary/aromatic N) is 1. The van der Waals surface area contributed by atoms with Gasteiger partial charge in [0.1, 0.15) is 5.75 Å². The van der Waals surface area contributed by atoms with Crippen molar-refractivity contribution in [3.63, 3.8) is 0 Å². The number of unbranched alkanes of at least 4 members (excludes halogenated alkanes) is 1. The molecule has 3 aromatic rings. The number of ether oxygens (including phenoxy) is 1. The van der Waals surface area contributed by atoms with Crippen molar-refractivity contribution in [3.05, 3.63) is 76.3 Å². The summed E-state index contributed by atoms with van der Waals surface area (Å²) in [5, 5.41) is 3.51. The van der Waals surface area contributed by atoms with Gasteiger partial charge in [-0.15, -0.1) is 11.3 Å². The van der Waals surface area contributed by atoms with Crippen molar-refractivity contribution in [3.8, 4) is 5.75 Å². The maximum atomic E-state index is 12.5. The molecule has 2 aromatic carbocycles. The number of anilines is 1. The molecule has 0 fully saturated rings. The number of carbonyl (C=O) groups excluding carboxylic acids is 1. The lowest BCUT2D eigenvalue weighted by atomic mass is 10.0. The molecule has 0 saturated heterocycles. The highest BCUT2D eigenvalue weighted by atomic mass is 32.1. The number of thiazole rings is 1. The molecule has 1 N–H and O–H groups in total. The summed E-state index contributed by atoms with van der Waals surface area (Å²) in [7, 11) is 0. The monoisotopic (exact) mass is 408 g/mol. The molecule has 1 heterocycles. The second-order valence-electron chi connectivity index (χ2n) is 7.39. The number of amides is 1. The summed E-state index contributed by atoms with van der Waals surface area (Å²) in [5.74, 6) is 1.16. The SMILES string of the molecule is CCCCOc1ccc(C(=O)Nc2ncc(Cc3ccc(C(C)C)cc3)s2)cc1. The molecule has 1 amide bonds. The summed E-state index contributed by atoms with van der Waals surface area (Å²) >= 11 is 1.51. The quantitative estimate of drug-likeness (QED) is 0.423. The summed E-state index contributed by atoms with van der Waals surface area (Å²) in [6, 6.07) is 15.9. The van der Waals surface area contributed by atoms with Crippen molar-refractivity contribution < 1.29 is 9.53 Å². The van der Waals surface area contributed by atoms with E-state index >= 15 is 0 Å². The van der Waals surface area contributed by atoms with E-state index < -0.39 is 0 Å². The molecule has 3 rings (SSSR count). The van der Waals surface area contributed by atoms with Crippen LogP contribution in [0.1, 0.15) is 65.9 Å². The van der Waals surface area contributed by atoms with Gasteiger partial charge in [-0.3, -0.25) is 10.1 Å². The van der Waals surface area contributed by atoms with Crippen molar-refractivity contribution in [2.75, 3.05) is 11.9 Å².